The van der Waals surface area contributed by atoms with E-state index in [1.54, 1.807) is 38.2 Å². The highest BCUT2D eigenvalue weighted by atomic mass is 79.9. The number of aliphatic hydroxyl groups is 1. The van der Waals surface area contributed by atoms with E-state index in [-0.39, 0.29) is 5.28 Å². The molecule has 2 rings (SSSR count). The van der Waals surface area contributed by atoms with Gasteiger partial charge in [0.25, 0.3) is 0 Å². The van der Waals surface area contributed by atoms with Gasteiger partial charge in [0.2, 0.25) is 5.28 Å². The first-order valence-electron chi connectivity index (χ1n) is 5.51. The van der Waals surface area contributed by atoms with E-state index in [1.165, 1.54) is 0 Å². The molecule has 0 radical (unpaired) electrons. The lowest BCUT2D eigenvalue weighted by atomic mass is 10.1. The van der Waals surface area contributed by atoms with Crippen molar-refractivity contribution in [1.82, 2.24) is 15.0 Å². The van der Waals surface area contributed by atoms with E-state index >= 15 is 0 Å². The minimum absolute atomic E-state index is 0.143. The van der Waals surface area contributed by atoms with Crippen molar-refractivity contribution < 1.29 is 5.11 Å². The zero-order chi connectivity index (χ0) is 14.0. The average Bonchev–Trinajstić information content (AvgIpc) is 2.33. The lowest BCUT2D eigenvalue weighted by molar-refractivity contribution is 0.0740. The van der Waals surface area contributed by atoms with Gasteiger partial charge in [-0.1, -0.05) is 6.07 Å². The van der Waals surface area contributed by atoms with Crippen LogP contribution in [0.1, 0.15) is 19.5 Å². The number of halogens is 2. The van der Waals surface area contributed by atoms with Gasteiger partial charge in [-0.25, -0.2) is 9.97 Å². The number of pyridine rings is 1. The van der Waals surface area contributed by atoms with Crippen molar-refractivity contribution in [2.45, 2.75) is 19.4 Å². The van der Waals surface area contributed by atoms with Gasteiger partial charge in [0.05, 0.1) is 10.2 Å². The van der Waals surface area contributed by atoms with Crippen LogP contribution >= 0.6 is 27.5 Å². The highest BCUT2D eigenvalue weighted by Gasteiger charge is 2.18. The first-order valence-corrected chi connectivity index (χ1v) is 6.68. The van der Waals surface area contributed by atoms with E-state index in [1.807, 2.05) is 0 Å². The van der Waals surface area contributed by atoms with Crippen LogP contribution in [0.5, 0.6) is 0 Å². The molecule has 2 aromatic heterocycles. The molecule has 19 heavy (non-hydrogen) atoms. The molecule has 100 valence electrons. The van der Waals surface area contributed by atoms with Gasteiger partial charge in [-0.3, -0.25) is 0 Å². The molecule has 2 aromatic rings. The van der Waals surface area contributed by atoms with Crippen LogP contribution in [0.25, 0.3) is 0 Å². The third-order valence-corrected chi connectivity index (χ3v) is 3.10. The minimum Gasteiger partial charge on any atom is -0.384 e. The monoisotopic (exact) mass is 342 g/mol. The molecule has 0 spiro atoms. The summed E-state index contributed by atoms with van der Waals surface area (Å²) in [6, 6.07) is 5.34. The summed E-state index contributed by atoms with van der Waals surface area (Å²) in [5.41, 5.74) is -0.438. The Bertz CT molecular complexity index is 601. The Kier molecular flexibility index (Phi) is 4.03. The number of nitrogens with one attached hydrogen (secondary N) is 1. The maximum atomic E-state index is 9.93. The molecular weight excluding hydrogens is 332 g/mol. The number of aromatic nitrogens is 3. The molecule has 0 aliphatic rings. The normalized spacial score (nSPS) is 11.4. The van der Waals surface area contributed by atoms with Crippen LogP contribution in [-0.2, 0) is 5.60 Å². The molecule has 0 saturated heterocycles. The van der Waals surface area contributed by atoms with E-state index < -0.39 is 5.60 Å². The molecule has 0 unspecified atom stereocenters. The standard InChI is InChI=1S/C12H12BrClN4O/c1-12(2,19)8-4-3-5-9(16-8)17-10-7(13)6-15-11(14)18-10/h3-6,19H,1-2H3,(H,15,16,17,18). The fourth-order valence-electron chi connectivity index (χ4n) is 1.40. The Morgan fingerprint density at radius 1 is 1.32 bits per heavy atom. The van der Waals surface area contributed by atoms with Crippen molar-refractivity contribution in [3.63, 3.8) is 0 Å². The molecule has 0 saturated carbocycles. The third kappa shape index (κ3) is 3.62. The highest BCUT2D eigenvalue weighted by molar-refractivity contribution is 9.10. The van der Waals surface area contributed by atoms with Crippen molar-refractivity contribution in [3.05, 3.63) is 39.8 Å². The maximum Gasteiger partial charge on any atom is 0.224 e. The van der Waals surface area contributed by atoms with Crippen molar-refractivity contribution in [2.24, 2.45) is 0 Å². The van der Waals surface area contributed by atoms with E-state index in [0.29, 0.717) is 21.8 Å². The SMILES string of the molecule is CC(C)(O)c1cccc(Nc2nc(Cl)ncc2Br)n1. The summed E-state index contributed by atoms with van der Waals surface area (Å²) >= 11 is 9.07. The predicted octanol–water partition coefficient (Wildman–Crippen LogP) is 3.26. The van der Waals surface area contributed by atoms with Crippen LogP contribution < -0.4 is 5.32 Å². The number of rotatable bonds is 3. The molecule has 0 amide bonds. The predicted molar refractivity (Wildman–Crippen MR) is 77.5 cm³/mol. The fourth-order valence-corrected chi connectivity index (χ4v) is 1.82. The lowest BCUT2D eigenvalue weighted by Crippen LogP contribution is -2.17. The van der Waals surface area contributed by atoms with Gasteiger partial charge in [0.15, 0.2) is 5.82 Å². The molecule has 0 atom stereocenters. The number of anilines is 2. The van der Waals surface area contributed by atoms with Gasteiger partial charge in [-0.05, 0) is 53.5 Å². The molecule has 0 aliphatic heterocycles. The summed E-state index contributed by atoms with van der Waals surface area (Å²) < 4.78 is 0.673. The summed E-state index contributed by atoms with van der Waals surface area (Å²) in [6.07, 6.45) is 1.55. The van der Waals surface area contributed by atoms with Crippen LogP contribution in [0, 0.1) is 0 Å². The van der Waals surface area contributed by atoms with Crippen molar-refractivity contribution in [1.29, 1.82) is 0 Å². The van der Waals surface area contributed by atoms with Gasteiger partial charge in [-0.15, -0.1) is 0 Å². The van der Waals surface area contributed by atoms with Crippen molar-refractivity contribution in [3.8, 4) is 0 Å². The molecule has 7 heteroatoms. The van der Waals surface area contributed by atoms with Gasteiger partial charge >= 0.3 is 0 Å². The van der Waals surface area contributed by atoms with E-state index in [4.69, 9.17) is 11.6 Å². The zero-order valence-electron chi connectivity index (χ0n) is 10.4. The van der Waals surface area contributed by atoms with Gasteiger partial charge in [0.1, 0.15) is 11.4 Å². The third-order valence-electron chi connectivity index (χ3n) is 2.34. The Morgan fingerprint density at radius 3 is 2.74 bits per heavy atom. The molecule has 0 fully saturated rings. The Balaban J connectivity index is 2.31. The van der Waals surface area contributed by atoms with Crippen LogP contribution in [0.15, 0.2) is 28.9 Å². The second kappa shape index (κ2) is 5.40. The Morgan fingerprint density at radius 2 is 2.05 bits per heavy atom. The summed E-state index contributed by atoms with van der Waals surface area (Å²) in [7, 11) is 0. The number of nitrogens with zero attached hydrogens (tertiary/aromatic N) is 3. The van der Waals surface area contributed by atoms with Crippen LogP contribution in [0.4, 0.5) is 11.6 Å². The quantitative estimate of drug-likeness (QED) is 0.837. The minimum atomic E-state index is -1.00. The van der Waals surface area contributed by atoms with Gasteiger partial charge < -0.3 is 10.4 Å². The largest absolute Gasteiger partial charge is 0.384 e. The molecule has 2 heterocycles. The zero-order valence-corrected chi connectivity index (χ0v) is 12.7. The highest BCUT2D eigenvalue weighted by Crippen LogP contribution is 2.25. The molecule has 0 aliphatic carbocycles. The van der Waals surface area contributed by atoms with Gasteiger partial charge in [-0.2, -0.15) is 4.98 Å². The van der Waals surface area contributed by atoms with Crippen LogP contribution in [0.3, 0.4) is 0 Å². The van der Waals surface area contributed by atoms with E-state index in [2.05, 4.69) is 36.2 Å². The molecule has 0 bridgehead atoms. The summed E-state index contributed by atoms with van der Waals surface area (Å²) in [4.78, 5) is 12.2. The number of hydrogen-bond acceptors (Lipinski definition) is 5. The van der Waals surface area contributed by atoms with E-state index in [0.717, 1.165) is 0 Å². The molecule has 0 aromatic carbocycles. The first kappa shape index (κ1) is 14.2. The summed E-state index contributed by atoms with van der Waals surface area (Å²) in [5, 5.41) is 13.1. The molecule has 5 nitrogen and oxygen atoms in total. The van der Waals surface area contributed by atoms with Crippen molar-refractivity contribution >= 4 is 39.2 Å². The molecule has 2 N–H and O–H groups in total. The first-order chi connectivity index (χ1) is 8.86. The fraction of sp³-hybridized carbons (Fsp3) is 0.250. The average molecular weight is 344 g/mol. The summed E-state index contributed by atoms with van der Waals surface area (Å²) in [5.74, 6) is 1.08. The van der Waals surface area contributed by atoms with Crippen LogP contribution in [0.2, 0.25) is 5.28 Å². The number of hydrogen-bond donors (Lipinski definition) is 2. The Labute approximate surface area is 124 Å². The van der Waals surface area contributed by atoms with Gasteiger partial charge in [0, 0.05) is 6.20 Å². The topological polar surface area (TPSA) is 70.9 Å². The van der Waals surface area contributed by atoms with E-state index in [9.17, 15) is 5.11 Å². The smallest absolute Gasteiger partial charge is 0.224 e. The summed E-state index contributed by atoms with van der Waals surface area (Å²) in [6.45, 7) is 3.35. The lowest BCUT2D eigenvalue weighted by Gasteiger charge is -2.17. The van der Waals surface area contributed by atoms with Crippen molar-refractivity contribution in [2.75, 3.05) is 5.32 Å². The Hall–Kier alpha value is -1.24. The molecular formula is C12H12BrClN4O. The maximum absolute atomic E-state index is 9.93. The second-order valence-corrected chi connectivity index (χ2v) is 5.62. The second-order valence-electron chi connectivity index (χ2n) is 4.43. The van der Waals surface area contributed by atoms with Crippen LogP contribution in [-0.4, -0.2) is 20.1 Å².